The molecule has 0 atom stereocenters. The van der Waals surface area contributed by atoms with Crippen molar-refractivity contribution < 1.29 is 4.42 Å². The van der Waals surface area contributed by atoms with Crippen LogP contribution < -0.4 is 5.32 Å². The molecule has 19 heavy (non-hydrogen) atoms. The summed E-state index contributed by atoms with van der Waals surface area (Å²) in [5.41, 5.74) is 0.708. The summed E-state index contributed by atoms with van der Waals surface area (Å²) in [7, 11) is 0. The molecule has 0 amide bonds. The third-order valence-electron chi connectivity index (χ3n) is 2.98. The van der Waals surface area contributed by atoms with Crippen LogP contribution in [0.5, 0.6) is 0 Å². The molecule has 1 saturated carbocycles. The number of aromatic nitrogens is 2. The van der Waals surface area contributed by atoms with Crippen molar-refractivity contribution in [1.29, 1.82) is 0 Å². The summed E-state index contributed by atoms with van der Waals surface area (Å²) in [6.45, 7) is 0.862. The van der Waals surface area contributed by atoms with Crippen LogP contribution in [0.4, 0.5) is 0 Å². The van der Waals surface area contributed by atoms with E-state index in [-0.39, 0.29) is 0 Å². The van der Waals surface area contributed by atoms with Gasteiger partial charge in [0.2, 0.25) is 11.8 Å². The minimum atomic E-state index is 0.433. The summed E-state index contributed by atoms with van der Waals surface area (Å²) in [4.78, 5) is 0. The van der Waals surface area contributed by atoms with E-state index in [0.29, 0.717) is 33.4 Å². The number of hydrogen-bond donors (Lipinski definition) is 1. The Morgan fingerprint density at radius 2 is 2.11 bits per heavy atom. The van der Waals surface area contributed by atoms with E-state index in [4.69, 9.17) is 27.6 Å². The van der Waals surface area contributed by atoms with Crippen LogP contribution in [0.2, 0.25) is 10.0 Å². The zero-order chi connectivity index (χ0) is 13.2. The van der Waals surface area contributed by atoms with Gasteiger partial charge >= 0.3 is 0 Å². The van der Waals surface area contributed by atoms with Crippen molar-refractivity contribution in [3.05, 3.63) is 34.1 Å². The van der Waals surface area contributed by atoms with Gasteiger partial charge in [-0.3, -0.25) is 0 Å². The number of nitrogens with zero attached hydrogens (tertiary/aromatic N) is 2. The van der Waals surface area contributed by atoms with Crippen molar-refractivity contribution in [1.82, 2.24) is 15.5 Å². The summed E-state index contributed by atoms with van der Waals surface area (Å²) in [5, 5.41) is 12.5. The van der Waals surface area contributed by atoms with Gasteiger partial charge in [-0.1, -0.05) is 23.2 Å². The molecular weight excluding hydrogens is 285 g/mol. The van der Waals surface area contributed by atoms with Gasteiger partial charge in [0, 0.05) is 24.0 Å². The second-order valence-corrected chi connectivity index (χ2v) is 5.45. The van der Waals surface area contributed by atoms with E-state index in [0.717, 1.165) is 13.0 Å². The number of nitrogens with one attached hydrogen (secondary N) is 1. The molecule has 2 aromatic rings. The highest BCUT2D eigenvalue weighted by Gasteiger charge is 2.20. The first-order valence-corrected chi connectivity index (χ1v) is 6.99. The van der Waals surface area contributed by atoms with Crippen molar-refractivity contribution in [2.75, 3.05) is 6.54 Å². The second-order valence-electron chi connectivity index (χ2n) is 4.60. The van der Waals surface area contributed by atoms with E-state index < -0.39 is 0 Å². The van der Waals surface area contributed by atoms with Gasteiger partial charge in [0.1, 0.15) is 0 Å². The average molecular weight is 298 g/mol. The molecule has 6 heteroatoms. The number of hydrogen-bond acceptors (Lipinski definition) is 4. The lowest BCUT2D eigenvalue weighted by Crippen LogP contribution is -2.19. The lowest BCUT2D eigenvalue weighted by atomic mass is 10.2. The molecule has 1 fully saturated rings. The minimum absolute atomic E-state index is 0.433. The number of benzene rings is 1. The Bertz CT molecular complexity index is 581. The number of rotatable bonds is 5. The third-order valence-corrected chi connectivity index (χ3v) is 3.53. The van der Waals surface area contributed by atoms with Gasteiger partial charge in [-0.2, -0.15) is 0 Å². The quantitative estimate of drug-likeness (QED) is 0.920. The lowest BCUT2D eigenvalue weighted by Gasteiger charge is -1.99. The molecule has 1 N–H and O–H groups in total. The smallest absolute Gasteiger partial charge is 0.249 e. The maximum absolute atomic E-state index is 6.10. The summed E-state index contributed by atoms with van der Waals surface area (Å²) >= 11 is 12.0. The van der Waals surface area contributed by atoms with Gasteiger partial charge in [-0.05, 0) is 31.0 Å². The van der Waals surface area contributed by atoms with E-state index in [1.54, 1.807) is 18.2 Å². The summed E-state index contributed by atoms with van der Waals surface area (Å²) in [6, 6.07) is 5.89. The van der Waals surface area contributed by atoms with Crippen LogP contribution in [0.15, 0.2) is 22.6 Å². The van der Waals surface area contributed by atoms with Crippen LogP contribution >= 0.6 is 23.2 Å². The van der Waals surface area contributed by atoms with Gasteiger partial charge in [-0.15, -0.1) is 10.2 Å². The van der Waals surface area contributed by atoms with Crippen LogP contribution in [0.1, 0.15) is 18.7 Å². The highest BCUT2D eigenvalue weighted by atomic mass is 35.5. The molecular formula is C13H13Cl2N3O. The molecule has 1 aliphatic rings. The molecule has 4 nitrogen and oxygen atoms in total. The predicted molar refractivity (Wildman–Crippen MR) is 74.5 cm³/mol. The molecule has 1 aliphatic carbocycles. The Labute approximate surface area is 121 Å². The SMILES string of the molecule is Clc1ccc(-c2nnc(CCNC3CC3)o2)c(Cl)c1. The van der Waals surface area contributed by atoms with Crippen LogP contribution in [0.25, 0.3) is 11.5 Å². The van der Waals surface area contributed by atoms with Gasteiger partial charge in [0.25, 0.3) is 0 Å². The van der Waals surface area contributed by atoms with Gasteiger partial charge in [0.05, 0.1) is 10.6 Å². The Morgan fingerprint density at radius 3 is 2.84 bits per heavy atom. The summed E-state index contributed by atoms with van der Waals surface area (Å²) in [6.07, 6.45) is 3.28. The van der Waals surface area contributed by atoms with Crippen LogP contribution in [-0.4, -0.2) is 22.8 Å². The Kier molecular flexibility index (Phi) is 3.73. The fourth-order valence-electron chi connectivity index (χ4n) is 1.80. The molecule has 1 aromatic carbocycles. The molecule has 100 valence electrons. The van der Waals surface area contributed by atoms with Crippen molar-refractivity contribution in [3.63, 3.8) is 0 Å². The van der Waals surface area contributed by atoms with Crippen LogP contribution in [-0.2, 0) is 6.42 Å². The molecule has 0 aliphatic heterocycles. The van der Waals surface area contributed by atoms with Gasteiger partial charge < -0.3 is 9.73 Å². The molecule has 0 bridgehead atoms. The fraction of sp³-hybridized carbons (Fsp3) is 0.385. The van der Waals surface area contributed by atoms with Gasteiger partial charge in [0.15, 0.2) is 0 Å². The molecule has 0 saturated heterocycles. The largest absolute Gasteiger partial charge is 0.421 e. The maximum atomic E-state index is 6.10. The number of halogens is 2. The topological polar surface area (TPSA) is 51.0 Å². The highest BCUT2D eigenvalue weighted by Crippen LogP contribution is 2.29. The molecule has 1 aromatic heterocycles. The first-order chi connectivity index (χ1) is 9.22. The first kappa shape index (κ1) is 12.9. The van der Waals surface area contributed by atoms with Crippen molar-refractivity contribution in [2.24, 2.45) is 0 Å². The second kappa shape index (κ2) is 5.49. The summed E-state index contributed by atoms with van der Waals surface area (Å²) in [5.74, 6) is 1.05. The fourth-order valence-corrected chi connectivity index (χ4v) is 2.29. The molecule has 3 rings (SSSR count). The first-order valence-electron chi connectivity index (χ1n) is 6.23. The standard InChI is InChI=1S/C13H13Cl2N3O/c14-8-1-4-10(11(15)7-8)13-18-17-12(19-13)5-6-16-9-2-3-9/h1,4,7,9,16H,2-3,5-6H2. The van der Waals surface area contributed by atoms with E-state index in [2.05, 4.69) is 15.5 Å². The maximum Gasteiger partial charge on any atom is 0.249 e. The van der Waals surface area contributed by atoms with Crippen molar-refractivity contribution >= 4 is 23.2 Å². The van der Waals surface area contributed by atoms with E-state index in [1.807, 2.05) is 0 Å². The third kappa shape index (κ3) is 3.26. The van der Waals surface area contributed by atoms with Crippen molar-refractivity contribution in [2.45, 2.75) is 25.3 Å². The zero-order valence-corrected chi connectivity index (χ0v) is 11.7. The normalized spacial score (nSPS) is 14.8. The average Bonchev–Trinajstić information content (AvgIpc) is 3.07. The van der Waals surface area contributed by atoms with E-state index >= 15 is 0 Å². The molecule has 1 heterocycles. The highest BCUT2D eigenvalue weighted by molar-refractivity contribution is 6.36. The van der Waals surface area contributed by atoms with E-state index in [9.17, 15) is 0 Å². The molecule has 0 unspecified atom stereocenters. The minimum Gasteiger partial charge on any atom is -0.421 e. The monoisotopic (exact) mass is 297 g/mol. The molecule has 0 radical (unpaired) electrons. The van der Waals surface area contributed by atoms with E-state index in [1.165, 1.54) is 12.8 Å². The predicted octanol–water partition coefficient (Wildman–Crippen LogP) is 3.34. The van der Waals surface area contributed by atoms with Crippen molar-refractivity contribution in [3.8, 4) is 11.5 Å². The van der Waals surface area contributed by atoms with Crippen LogP contribution in [0, 0.1) is 0 Å². The Balaban J connectivity index is 1.68. The summed E-state index contributed by atoms with van der Waals surface area (Å²) < 4.78 is 5.60. The lowest BCUT2D eigenvalue weighted by molar-refractivity contribution is 0.494. The van der Waals surface area contributed by atoms with Crippen LogP contribution in [0.3, 0.4) is 0 Å². The molecule has 0 spiro atoms. The Hall–Kier alpha value is -1.10. The Morgan fingerprint density at radius 1 is 1.26 bits per heavy atom. The van der Waals surface area contributed by atoms with Gasteiger partial charge in [-0.25, -0.2) is 0 Å². The zero-order valence-electron chi connectivity index (χ0n) is 10.2.